The first kappa shape index (κ1) is 13.0. The Bertz CT molecular complexity index is 429. The lowest BCUT2D eigenvalue weighted by Crippen LogP contribution is -2.30. The van der Waals surface area contributed by atoms with Crippen LogP contribution >= 0.6 is 11.8 Å². The van der Waals surface area contributed by atoms with Crippen LogP contribution in [0.4, 0.5) is 0 Å². The Morgan fingerprint density at radius 2 is 1.94 bits per heavy atom. The average molecular weight is 250 g/mol. The third-order valence-electron chi connectivity index (χ3n) is 3.56. The van der Waals surface area contributed by atoms with Crippen molar-refractivity contribution in [2.24, 2.45) is 0 Å². The number of aliphatic hydroxyl groups is 1. The highest BCUT2D eigenvalue weighted by molar-refractivity contribution is 7.99. The Hall–Kier alpha value is -0.470. The first-order valence-electron chi connectivity index (χ1n) is 6.17. The predicted octanol–water partition coefficient (Wildman–Crippen LogP) is 4.04. The standard InChI is InChI=1S/C15H22OS/c1-14(2,3)11-7-6-10-9-17-15(4,5)13(16)12(10)8-11/h6-8,13,16H,9H2,1-5H3. The number of aliphatic hydroxyl groups excluding tert-OH is 1. The van der Waals surface area contributed by atoms with Gasteiger partial charge in [-0.1, -0.05) is 39.0 Å². The van der Waals surface area contributed by atoms with Crippen molar-refractivity contribution in [1.29, 1.82) is 0 Å². The fourth-order valence-corrected chi connectivity index (χ4v) is 3.24. The summed E-state index contributed by atoms with van der Waals surface area (Å²) in [6.45, 7) is 10.9. The minimum atomic E-state index is -0.362. The van der Waals surface area contributed by atoms with Gasteiger partial charge in [-0.2, -0.15) is 0 Å². The first-order valence-corrected chi connectivity index (χ1v) is 7.16. The van der Waals surface area contributed by atoms with Crippen LogP contribution in [0.1, 0.15) is 57.4 Å². The topological polar surface area (TPSA) is 20.2 Å². The fraction of sp³-hybridized carbons (Fsp3) is 0.600. The molecule has 1 aromatic rings. The maximum atomic E-state index is 10.5. The maximum Gasteiger partial charge on any atom is 0.0934 e. The Kier molecular flexibility index (Phi) is 3.07. The summed E-state index contributed by atoms with van der Waals surface area (Å²) in [7, 11) is 0. The van der Waals surface area contributed by atoms with E-state index in [2.05, 4.69) is 52.8 Å². The van der Waals surface area contributed by atoms with Gasteiger partial charge in [0.05, 0.1) is 6.10 Å². The largest absolute Gasteiger partial charge is 0.387 e. The molecular formula is C15H22OS. The second kappa shape index (κ2) is 4.03. The number of thioether (sulfide) groups is 1. The van der Waals surface area contributed by atoms with Gasteiger partial charge in [-0.05, 0) is 36.0 Å². The molecular weight excluding hydrogens is 228 g/mol. The van der Waals surface area contributed by atoms with Gasteiger partial charge < -0.3 is 5.11 Å². The van der Waals surface area contributed by atoms with Crippen molar-refractivity contribution in [3.8, 4) is 0 Å². The predicted molar refractivity (Wildman–Crippen MR) is 75.5 cm³/mol. The molecule has 0 radical (unpaired) electrons. The minimum absolute atomic E-state index is 0.0799. The SMILES string of the molecule is CC(C)(C)c1ccc2c(c1)C(O)C(C)(C)SC2. The summed E-state index contributed by atoms with van der Waals surface area (Å²) in [5.74, 6) is 1.00. The van der Waals surface area contributed by atoms with Gasteiger partial charge in [0.15, 0.2) is 0 Å². The molecule has 1 aliphatic rings. The average Bonchev–Trinajstić information content (AvgIpc) is 2.22. The highest BCUT2D eigenvalue weighted by Crippen LogP contribution is 2.46. The molecule has 1 unspecified atom stereocenters. The monoisotopic (exact) mass is 250 g/mol. The highest BCUT2D eigenvalue weighted by Gasteiger charge is 2.35. The van der Waals surface area contributed by atoms with Gasteiger partial charge in [-0.25, -0.2) is 0 Å². The molecule has 0 amide bonds. The van der Waals surface area contributed by atoms with Crippen molar-refractivity contribution in [3.05, 3.63) is 34.9 Å². The van der Waals surface area contributed by atoms with Gasteiger partial charge in [0, 0.05) is 10.5 Å². The van der Waals surface area contributed by atoms with E-state index in [1.165, 1.54) is 11.1 Å². The second-order valence-corrected chi connectivity index (χ2v) is 8.09. The quantitative estimate of drug-likeness (QED) is 0.750. The van der Waals surface area contributed by atoms with Crippen LogP contribution < -0.4 is 0 Å². The lowest BCUT2D eigenvalue weighted by Gasteiger charge is -2.37. The van der Waals surface area contributed by atoms with E-state index < -0.39 is 0 Å². The van der Waals surface area contributed by atoms with Crippen molar-refractivity contribution in [1.82, 2.24) is 0 Å². The number of hydrogen-bond donors (Lipinski definition) is 1. The number of hydrogen-bond acceptors (Lipinski definition) is 2. The Balaban J connectivity index is 2.48. The van der Waals surface area contributed by atoms with E-state index in [1.54, 1.807) is 0 Å². The molecule has 1 atom stereocenters. The molecule has 0 bridgehead atoms. The van der Waals surface area contributed by atoms with E-state index in [-0.39, 0.29) is 16.3 Å². The van der Waals surface area contributed by atoms with Gasteiger partial charge in [0.25, 0.3) is 0 Å². The molecule has 2 rings (SSSR count). The normalized spacial score (nSPS) is 23.3. The van der Waals surface area contributed by atoms with Crippen LogP contribution in [0.2, 0.25) is 0 Å². The summed E-state index contributed by atoms with van der Waals surface area (Å²) >= 11 is 1.83. The molecule has 94 valence electrons. The first-order chi connectivity index (χ1) is 7.72. The zero-order valence-corrected chi connectivity index (χ0v) is 12.2. The third kappa shape index (κ3) is 2.38. The molecule has 1 aliphatic heterocycles. The second-order valence-electron chi connectivity index (χ2n) is 6.46. The van der Waals surface area contributed by atoms with E-state index >= 15 is 0 Å². The Morgan fingerprint density at radius 3 is 2.53 bits per heavy atom. The molecule has 0 spiro atoms. The fourth-order valence-electron chi connectivity index (χ4n) is 2.16. The highest BCUT2D eigenvalue weighted by atomic mass is 32.2. The lowest BCUT2D eigenvalue weighted by atomic mass is 9.83. The molecule has 0 saturated heterocycles. The summed E-state index contributed by atoms with van der Waals surface area (Å²) in [6, 6.07) is 6.58. The summed E-state index contributed by atoms with van der Waals surface area (Å²) in [5.41, 5.74) is 3.86. The minimum Gasteiger partial charge on any atom is -0.387 e. The van der Waals surface area contributed by atoms with Crippen molar-refractivity contribution in [2.75, 3.05) is 0 Å². The third-order valence-corrected chi connectivity index (χ3v) is 4.99. The molecule has 1 nitrogen and oxygen atoms in total. The molecule has 0 saturated carbocycles. The van der Waals surface area contributed by atoms with Crippen molar-refractivity contribution < 1.29 is 5.11 Å². The van der Waals surface area contributed by atoms with Crippen LogP contribution in [0.15, 0.2) is 18.2 Å². The van der Waals surface area contributed by atoms with E-state index in [0.717, 1.165) is 11.3 Å². The van der Waals surface area contributed by atoms with Crippen LogP contribution in [-0.4, -0.2) is 9.85 Å². The van der Waals surface area contributed by atoms with Gasteiger partial charge in [-0.15, -0.1) is 11.8 Å². The zero-order chi connectivity index (χ0) is 12.8. The van der Waals surface area contributed by atoms with E-state index in [9.17, 15) is 5.11 Å². The van der Waals surface area contributed by atoms with Crippen LogP contribution in [0.3, 0.4) is 0 Å². The lowest BCUT2D eigenvalue weighted by molar-refractivity contribution is 0.141. The van der Waals surface area contributed by atoms with Crippen molar-refractivity contribution in [2.45, 2.75) is 56.6 Å². The van der Waals surface area contributed by atoms with Gasteiger partial charge in [-0.3, -0.25) is 0 Å². The number of rotatable bonds is 0. The van der Waals surface area contributed by atoms with Crippen molar-refractivity contribution >= 4 is 11.8 Å². The van der Waals surface area contributed by atoms with Crippen LogP contribution in [-0.2, 0) is 11.2 Å². The molecule has 1 aromatic carbocycles. The summed E-state index contributed by atoms with van der Waals surface area (Å²) in [4.78, 5) is 0. The van der Waals surface area contributed by atoms with Gasteiger partial charge in [0.1, 0.15) is 0 Å². The van der Waals surface area contributed by atoms with E-state index in [4.69, 9.17) is 0 Å². The molecule has 0 aromatic heterocycles. The Morgan fingerprint density at radius 1 is 1.29 bits per heavy atom. The molecule has 0 fully saturated rings. The Labute approximate surface area is 109 Å². The van der Waals surface area contributed by atoms with E-state index in [0.29, 0.717) is 0 Å². The summed E-state index contributed by atoms with van der Waals surface area (Å²) in [6.07, 6.45) is -0.362. The molecule has 1 heterocycles. The molecule has 2 heteroatoms. The number of fused-ring (bicyclic) bond motifs is 1. The summed E-state index contributed by atoms with van der Waals surface area (Å²) in [5, 5.41) is 10.5. The smallest absolute Gasteiger partial charge is 0.0934 e. The van der Waals surface area contributed by atoms with Crippen LogP contribution in [0.5, 0.6) is 0 Å². The van der Waals surface area contributed by atoms with Gasteiger partial charge >= 0.3 is 0 Å². The maximum absolute atomic E-state index is 10.5. The van der Waals surface area contributed by atoms with Crippen LogP contribution in [0.25, 0.3) is 0 Å². The summed E-state index contributed by atoms with van der Waals surface area (Å²) < 4.78 is -0.0799. The molecule has 17 heavy (non-hydrogen) atoms. The van der Waals surface area contributed by atoms with Crippen LogP contribution in [0, 0.1) is 0 Å². The van der Waals surface area contributed by atoms with Gasteiger partial charge in [0.2, 0.25) is 0 Å². The number of benzene rings is 1. The van der Waals surface area contributed by atoms with Crippen molar-refractivity contribution in [3.63, 3.8) is 0 Å². The molecule has 1 N–H and O–H groups in total. The zero-order valence-electron chi connectivity index (χ0n) is 11.4. The molecule has 0 aliphatic carbocycles. The van der Waals surface area contributed by atoms with E-state index in [1.807, 2.05) is 11.8 Å².